The second kappa shape index (κ2) is 4.76. The predicted molar refractivity (Wildman–Crippen MR) is 91.6 cm³/mol. The van der Waals surface area contributed by atoms with Gasteiger partial charge in [0.25, 0.3) is 0 Å². The van der Waals surface area contributed by atoms with Gasteiger partial charge in [-0.25, -0.2) is 4.79 Å². The molecule has 3 saturated carbocycles. The fourth-order valence-corrected chi connectivity index (χ4v) is 7.81. The number of esters is 1. The number of ether oxygens (including phenoxy) is 1. The summed E-state index contributed by atoms with van der Waals surface area (Å²) in [5, 5.41) is 3.81. The summed E-state index contributed by atoms with van der Waals surface area (Å²) in [6.45, 7) is 2.27. The maximum atomic E-state index is 13.2. The summed E-state index contributed by atoms with van der Waals surface area (Å²) in [5.41, 5.74) is 1.25. The van der Waals surface area contributed by atoms with E-state index in [0.29, 0.717) is 41.3 Å². The number of hydrogen-bond donors (Lipinski definition) is 1. The van der Waals surface area contributed by atoms with Gasteiger partial charge >= 0.3 is 5.97 Å². The molecule has 0 unspecified atom stereocenters. The Labute approximate surface area is 148 Å². The molecular weight excluding hydrogens is 314 g/mol. The summed E-state index contributed by atoms with van der Waals surface area (Å²) in [7, 11) is 0. The molecule has 4 fully saturated rings. The molecule has 1 N–H and O–H groups in total. The highest BCUT2D eigenvalue weighted by Crippen LogP contribution is 2.67. The lowest BCUT2D eigenvalue weighted by atomic mass is 9.61. The summed E-state index contributed by atoms with van der Waals surface area (Å²) >= 11 is 0. The molecule has 4 aliphatic carbocycles. The average Bonchev–Trinajstić information content (AvgIpc) is 3.01. The van der Waals surface area contributed by atoms with Crippen molar-refractivity contribution < 1.29 is 14.3 Å². The van der Waals surface area contributed by atoms with Crippen molar-refractivity contribution in [3.63, 3.8) is 0 Å². The summed E-state index contributed by atoms with van der Waals surface area (Å²) < 4.78 is 6.17. The zero-order valence-corrected chi connectivity index (χ0v) is 14.9. The fraction of sp³-hybridized carbons (Fsp3) is 0.810. The number of carbonyl (C=O) groups is 2. The molecule has 4 heteroatoms. The van der Waals surface area contributed by atoms with Gasteiger partial charge in [0.2, 0.25) is 0 Å². The topological polar surface area (TPSA) is 55.4 Å². The van der Waals surface area contributed by atoms with Gasteiger partial charge in [-0.1, -0.05) is 12.8 Å². The Morgan fingerprint density at radius 2 is 1.96 bits per heavy atom. The van der Waals surface area contributed by atoms with E-state index >= 15 is 0 Å². The molecule has 0 aromatic rings. The Balaban J connectivity index is 1.53. The SMILES string of the molecule is C[C@H]1CC[C@@H]2[C@@H](C[C@H]3C[C@@]24OC(=O)C2=C4[C@@H]3[C@@H]3CCCC[C@H]3C2=O)N1. The van der Waals surface area contributed by atoms with E-state index in [-0.39, 0.29) is 17.7 Å². The third-order valence-electron chi connectivity index (χ3n) is 8.53. The molecule has 1 spiro atoms. The molecule has 2 aliphatic heterocycles. The minimum atomic E-state index is -0.435. The Bertz CT molecular complexity index is 712. The van der Waals surface area contributed by atoms with E-state index in [1.165, 1.54) is 18.4 Å². The number of hydrogen-bond acceptors (Lipinski definition) is 4. The van der Waals surface area contributed by atoms with Crippen LogP contribution >= 0.6 is 0 Å². The lowest BCUT2D eigenvalue weighted by molar-refractivity contribution is -0.157. The first-order valence-corrected chi connectivity index (χ1v) is 10.4. The highest BCUT2D eigenvalue weighted by molar-refractivity contribution is 6.21. The molecule has 134 valence electrons. The van der Waals surface area contributed by atoms with Crippen LogP contribution in [-0.4, -0.2) is 29.4 Å². The van der Waals surface area contributed by atoms with Crippen LogP contribution in [0.2, 0.25) is 0 Å². The molecular formula is C21H27NO3. The van der Waals surface area contributed by atoms with Crippen molar-refractivity contribution in [2.24, 2.45) is 29.6 Å². The first-order valence-electron chi connectivity index (χ1n) is 10.4. The van der Waals surface area contributed by atoms with Crippen LogP contribution in [0, 0.1) is 29.6 Å². The minimum absolute atomic E-state index is 0.0912. The lowest BCUT2D eigenvalue weighted by Crippen LogP contribution is -2.57. The summed E-state index contributed by atoms with van der Waals surface area (Å²) in [5.74, 6) is 1.82. The van der Waals surface area contributed by atoms with E-state index in [2.05, 4.69) is 12.2 Å². The number of fused-ring (bicyclic) bond motifs is 5. The monoisotopic (exact) mass is 341 g/mol. The number of carbonyl (C=O) groups excluding carboxylic acids is 2. The summed E-state index contributed by atoms with van der Waals surface area (Å²) in [6, 6.07) is 0.997. The smallest absolute Gasteiger partial charge is 0.342 e. The molecule has 25 heavy (non-hydrogen) atoms. The van der Waals surface area contributed by atoms with Crippen molar-refractivity contribution in [3.05, 3.63) is 11.1 Å². The van der Waals surface area contributed by atoms with Gasteiger partial charge in [0.1, 0.15) is 11.2 Å². The largest absolute Gasteiger partial charge is 0.450 e. The highest BCUT2D eigenvalue weighted by Gasteiger charge is 2.70. The van der Waals surface area contributed by atoms with Crippen LogP contribution in [0.5, 0.6) is 0 Å². The van der Waals surface area contributed by atoms with Crippen LogP contribution in [0.1, 0.15) is 58.3 Å². The molecule has 0 aromatic carbocycles. The molecule has 1 saturated heterocycles. The number of Topliss-reactive ketones (excluding diaryl/α,β-unsaturated/α-hetero) is 1. The van der Waals surface area contributed by atoms with Crippen molar-refractivity contribution in [2.45, 2.75) is 76.0 Å². The Morgan fingerprint density at radius 1 is 1.12 bits per heavy atom. The number of piperidine rings is 1. The van der Waals surface area contributed by atoms with Crippen molar-refractivity contribution in [1.82, 2.24) is 5.32 Å². The van der Waals surface area contributed by atoms with Gasteiger partial charge in [0.05, 0.1) is 0 Å². The van der Waals surface area contributed by atoms with Gasteiger partial charge in [-0.2, -0.15) is 0 Å². The molecule has 6 rings (SSSR count). The van der Waals surface area contributed by atoms with Crippen molar-refractivity contribution in [3.8, 4) is 0 Å². The molecule has 0 amide bonds. The fourth-order valence-electron chi connectivity index (χ4n) is 7.81. The highest BCUT2D eigenvalue weighted by atomic mass is 16.6. The van der Waals surface area contributed by atoms with Crippen LogP contribution in [-0.2, 0) is 14.3 Å². The van der Waals surface area contributed by atoms with Gasteiger partial charge in [-0.15, -0.1) is 0 Å². The van der Waals surface area contributed by atoms with Crippen LogP contribution < -0.4 is 5.32 Å². The zero-order valence-electron chi connectivity index (χ0n) is 14.9. The molecule has 4 nitrogen and oxygen atoms in total. The Morgan fingerprint density at radius 3 is 2.84 bits per heavy atom. The molecule has 0 radical (unpaired) electrons. The Kier molecular flexibility index (Phi) is 2.85. The zero-order chi connectivity index (χ0) is 16.9. The van der Waals surface area contributed by atoms with Gasteiger partial charge in [0, 0.05) is 23.9 Å². The lowest BCUT2D eigenvalue weighted by Gasteiger charge is -2.48. The van der Waals surface area contributed by atoms with E-state index in [9.17, 15) is 9.59 Å². The molecule has 6 aliphatic rings. The molecule has 8 atom stereocenters. The maximum Gasteiger partial charge on any atom is 0.342 e. The molecule has 0 aromatic heterocycles. The molecule has 2 heterocycles. The van der Waals surface area contributed by atoms with Crippen LogP contribution in [0.4, 0.5) is 0 Å². The number of nitrogens with one attached hydrogen (secondary N) is 1. The Hall–Kier alpha value is -1.16. The van der Waals surface area contributed by atoms with E-state index in [4.69, 9.17) is 4.74 Å². The summed E-state index contributed by atoms with van der Waals surface area (Å²) in [4.78, 5) is 26.0. The van der Waals surface area contributed by atoms with Gasteiger partial charge in [0.15, 0.2) is 5.78 Å². The quantitative estimate of drug-likeness (QED) is 0.544. The van der Waals surface area contributed by atoms with Crippen LogP contribution in [0.3, 0.4) is 0 Å². The number of rotatable bonds is 0. The van der Waals surface area contributed by atoms with E-state index in [1.807, 2.05) is 0 Å². The third kappa shape index (κ3) is 1.68. The van der Waals surface area contributed by atoms with Gasteiger partial charge < -0.3 is 10.1 Å². The van der Waals surface area contributed by atoms with Gasteiger partial charge in [-0.3, -0.25) is 4.79 Å². The first kappa shape index (κ1) is 15.0. The molecule has 2 bridgehead atoms. The summed E-state index contributed by atoms with van der Waals surface area (Å²) in [6.07, 6.45) is 8.96. The third-order valence-corrected chi connectivity index (χ3v) is 8.53. The number of ketones is 1. The van der Waals surface area contributed by atoms with E-state index in [1.54, 1.807) is 0 Å². The van der Waals surface area contributed by atoms with Crippen molar-refractivity contribution >= 4 is 11.8 Å². The van der Waals surface area contributed by atoms with E-state index < -0.39 is 5.60 Å². The van der Waals surface area contributed by atoms with E-state index in [0.717, 1.165) is 38.5 Å². The maximum absolute atomic E-state index is 13.2. The van der Waals surface area contributed by atoms with Gasteiger partial charge in [-0.05, 0) is 68.8 Å². The normalized spacial score (nSPS) is 53.2. The second-order valence-corrected chi connectivity index (χ2v) is 9.57. The predicted octanol–water partition coefficient (Wildman–Crippen LogP) is 2.76. The first-order chi connectivity index (χ1) is 12.1. The van der Waals surface area contributed by atoms with Crippen LogP contribution in [0.15, 0.2) is 11.1 Å². The average molecular weight is 341 g/mol. The minimum Gasteiger partial charge on any atom is -0.450 e. The second-order valence-electron chi connectivity index (χ2n) is 9.57. The van der Waals surface area contributed by atoms with Crippen molar-refractivity contribution in [1.29, 1.82) is 0 Å². The van der Waals surface area contributed by atoms with Crippen molar-refractivity contribution in [2.75, 3.05) is 0 Å². The standard InChI is InChI=1S/C21H27NO3/c1-10-6-7-14-15(22-10)8-11-9-21(14)18-16(11)12-4-2-3-5-13(12)19(23)17(18)20(24)25-21/h10-16,22H,2-9H2,1H3/t10-,11-,12+,13+,14+,15+,16-,21+/m0/s1. The van der Waals surface area contributed by atoms with Crippen LogP contribution in [0.25, 0.3) is 0 Å².